The lowest BCUT2D eigenvalue weighted by atomic mass is 9.94. The Morgan fingerprint density at radius 2 is 1.78 bits per heavy atom. The molecule has 0 atom stereocenters. The van der Waals surface area contributed by atoms with Crippen molar-refractivity contribution in [1.29, 1.82) is 0 Å². The van der Waals surface area contributed by atoms with Crippen LogP contribution in [0, 0.1) is 5.82 Å². The molecular weight excluding hydrogens is 343 g/mol. The van der Waals surface area contributed by atoms with Crippen molar-refractivity contribution in [3.05, 3.63) is 71.5 Å². The maximum absolute atomic E-state index is 13.4. The quantitative estimate of drug-likeness (QED) is 0.834. The number of halogens is 1. The molecule has 2 aromatic carbocycles. The van der Waals surface area contributed by atoms with E-state index in [1.807, 2.05) is 41.3 Å². The number of hydrogen-bond donors (Lipinski definition) is 0. The predicted molar refractivity (Wildman–Crippen MR) is 100 cm³/mol. The van der Waals surface area contributed by atoms with Crippen LogP contribution in [0.1, 0.15) is 30.4 Å². The van der Waals surface area contributed by atoms with Crippen molar-refractivity contribution < 1.29 is 14.0 Å². The normalized spacial score (nSPS) is 18.9. The maximum atomic E-state index is 13.4. The first-order valence-electron chi connectivity index (χ1n) is 9.46. The zero-order chi connectivity index (χ0) is 18.9. The number of nitrogens with zero attached hydrogens (tertiary/aromatic N) is 2. The van der Waals surface area contributed by atoms with Crippen LogP contribution >= 0.6 is 0 Å². The number of hydrogen-bond acceptors (Lipinski definition) is 2. The number of amides is 2. The number of benzene rings is 2. The molecule has 0 bridgehead atoms. The van der Waals surface area contributed by atoms with Gasteiger partial charge in [-0.2, -0.15) is 0 Å². The SMILES string of the molecule is O=C1CCN(C(=O)C2(c3ccccc3)CC2)CCN1Cc1cccc(F)c1. The van der Waals surface area contributed by atoms with Gasteiger partial charge < -0.3 is 9.80 Å². The Hall–Kier alpha value is -2.69. The minimum Gasteiger partial charge on any atom is -0.340 e. The molecule has 27 heavy (non-hydrogen) atoms. The summed E-state index contributed by atoms with van der Waals surface area (Å²) in [4.78, 5) is 29.3. The molecule has 140 valence electrons. The van der Waals surface area contributed by atoms with Gasteiger partial charge in [-0.15, -0.1) is 0 Å². The zero-order valence-electron chi connectivity index (χ0n) is 15.2. The van der Waals surface area contributed by atoms with E-state index in [-0.39, 0.29) is 17.6 Å². The van der Waals surface area contributed by atoms with E-state index in [0.717, 1.165) is 24.0 Å². The van der Waals surface area contributed by atoms with Crippen LogP contribution in [-0.4, -0.2) is 41.2 Å². The number of rotatable bonds is 4. The lowest BCUT2D eigenvalue weighted by molar-refractivity contribution is -0.133. The Morgan fingerprint density at radius 1 is 1.00 bits per heavy atom. The smallest absolute Gasteiger partial charge is 0.233 e. The van der Waals surface area contributed by atoms with E-state index in [0.29, 0.717) is 32.6 Å². The second-order valence-electron chi connectivity index (χ2n) is 7.44. The molecule has 2 aliphatic rings. The molecule has 0 N–H and O–H groups in total. The van der Waals surface area contributed by atoms with Crippen molar-refractivity contribution in [2.24, 2.45) is 0 Å². The largest absolute Gasteiger partial charge is 0.340 e. The topological polar surface area (TPSA) is 40.6 Å². The lowest BCUT2D eigenvalue weighted by Crippen LogP contribution is -2.41. The average Bonchev–Trinajstić information content (AvgIpc) is 3.50. The van der Waals surface area contributed by atoms with Gasteiger partial charge in [-0.25, -0.2) is 4.39 Å². The lowest BCUT2D eigenvalue weighted by Gasteiger charge is -2.26. The molecule has 2 amide bonds. The van der Waals surface area contributed by atoms with Crippen molar-refractivity contribution >= 4 is 11.8 Å². The maximum Gasteiger partial charge on any atom is 0.233 e. The predicted octanol–water partition coefficient (Wildman–Crippen LogP) is 3.12. The van der Waals surface area contributed by atoms with Crippen LogP contribution in [0.4, 0.5) is 4.39 Å². The van der Waals surface area contributed by atoms with E-state index < -0.39 is 5.41 Å². The molecule has 0 spiro atoms. The zero-order valence-corrected chi connectivity index (χ0v) is 15.2. The van der Waals surface area contributed by atoms with Crippen LogP contribution in [0.25, 0.3) is 0 Å². The van der Waals surface area contributed by atoms with Crippen LogP contribution in [0.15, 0.2) is 54.6 Å². The van der Waals surface area contributed by atoms with Crippen LogP contribution in [0.5, 0.6) is 0 Å². The minimum absolute atomic E-state index is 0.0131. The first kappa shape index (κ1) is 17.7. The summed E-state index contributed by atoms with van der Waals surface area (Å²) in [5.41, 5.74) is 1.44. The summed E-state index contributed by atoms with van der Waals surface area (Å²) in [5, 5.41) is 0. The van der Waals surface area contributed by atoms with Crippen molar-refractivity contribution in [1.82, 2.24) is 9.80 Å². The fraction of sp³-hybridized carbons (Fsp3) is 0.364. The summed E-state index contributed by atoms with van der Waals surface area (Å²) < 4.78 is 13.4. The first-order chi connectivity index (χ1) is 13.1. The van der Waals surface area contributed by atoms with Gasteiger partial charge >= 0.3 is 0 Å². The van der Waals surface area contributed by atoms with Crippen molar-refractivity contribution in [2.75, 3.05) is 19.6 Å². The molecule has 0 unspecified atom stereocenters. The Morgan fingerprint density at radius 3 is 2.48 bits per heavy atom. The summed E-state index contributed by atoms with van der Waals surface area (Å²) in [6.45, 7) is 1.83. The van der Waals surface area contributed by atoms with Gasteiger partial charge in [-0.05, 0) is 36.1 Å². The molecule has 0 radical (unpaired) electrons. The first-order valence-corrected chi connectivity index (χ1v) is 9.46. The second kappa shape index (κ2) is 7.14. The molecule has 4 rings (SSSR count). The third-order valence-corrected chi connectivity index (χ3v) is 5.62. The van der Waals surface area contributed by atoms with Gasteiger partial charge in [0, 0.05) is 32.6 Å². The summed E-state index contributed by atoms with van der Waals surface area (Å²) >= 11 is 0. The molecular formula is C22H23FN2O2. The van der Waals surface area contributed by atoms with E-state index in [9.17, 15) is 14.0 Å². The average molecular weight is 366 g/mol. The molecule has 0 aromatic heterocycles. The van der Waals surface area contributed by atoms with Crippen molar-refractivity contribution in [3.63, 3.8) is 0 Å². The van der Waals surface area contributed by atoms with E-state index in [4.69, 9.17) is 0 Å². The number of carbonyl (C=O) groups is 2. The molecule has 1 saturated heterocycles. The molecule has 2 fully saturated rings. The van der Waals surface area contributed by atoms with Crippen molar-refractivity contribution in [3.8, 4) is 0 Å². The Labute approximate surface area is 158 Å². The van der Waals surface area contributed by atoms with Crippen LogP contribution < -0.4 is 0 Å². The van der Waals surface area contributed by atoms with Crippen molar-refractivity contribution in [2.45, 2.75) is 31.2 Å². The van der Waals surface area contributed by atoms with Crippen LogP contribution in [-0.2, 0) is 21.5 Å². The summed E-state index contributed by atoms with van der Waals surface area (Å²) in [7, 11) is 0. The Bertz CT molecular complexity index is 848. The summed E-state index contributed by atoms with van der Waals surface area (Å²) in [5.74, 6) is -0.154. The van der Waals surface area contributed by atoms with Gasteiger partial charge in [0.1, 0.15) is 5.82 Å². The van der Waals surface area contributed by atoms with Gasteiger partial charge in [0.05, 0.1) is 5.41 Å². The highest BCUT2D eigenvalue weighted by atomic mass is 19.1. The molecule has 5 heteroatoms. The van der Waals surface area contributed by atoms with E-state index in [2.05, 4.69) is 0 Å². The van der Waals surface area contributed by atoms with E-state index in [1.54, 1.807) is 11.0 Å². The monoisotopic (exact) mass is 366 g/mol. The highest BCUT2D eigenvalue weighted by Gasteiger charge is 2.53. The van der Waals surface area contributed by atoms with E-state index in [1.165, 1.54) is 12.1 Å². The summed E-state index contributed by atoms with van der Waals surface area (Å²) in [6.07, 6.45) is 2.05. The molecule has 1 heterocycles. The highest BCUT2D eigenvalue weighted by Crippen LogP contribution is 2.49. The van der Waals surface area contributed by atoms with Gasteiger partial charge in [-0.3, -0.25) is 9.59 Å². The van der Waals surface area contributed by atoms with Gasteiger partial charge in [0.25, 0.3) is 0 Å². The Kier molecular flexibility index (Phi) is 4.68. The van der Waals surface area contributed by atoms with Crippen LogP contribution in [0.2, 0.25) is 0 Å². The number of carbonyl (C=O) groups excluding carboxylic acids is 2. The van der Waals surface area contributed by atoms with Gasteiger partial charge in [-0.1, -0.05) is 42.5 Å². The second-order valence-corrected chi connectivity index (χ2v) is 7.44. The minimum atomic E-state index is -0.401. The molecule has 1 aliphatic carbocycles. The fourth-order valence-electron chi connectivity index (χ4n) is 3.90. The molecule has 4 nitrogen and oxygen atoms in total. The van der Waals surface area contributed by atoms with Gasteiger partial charge in [0.2, 0.25) is 11.8 Å². The standard InChI is InChI=1S/C22H23FN2O2/c23-19-8-4-5-17(15-19)16-25-14-13-24(12-9-20(25)26)21(27)22(10-11-22)18-6-2-1-3-7-18/h1-8,15H,9-14,16H2. The fourth-order valence-corrected chi connectivity index (χ4v) is 3.90. The molecule has 1 saturated carbocycles. The summed E-state index contributed by atoms with van der Waals surface area (Å²) in [6, 6.07) is 16.2. The third kappa shape index (κ3) is 3.59. The molecule has 2 aromatic rings. The highest BCUT2D eigenvalue weighted by molar-refractivity contribution is 5.92. The van der Waals surface area contributed by atoms with E-state index >= 15 is 0 Å². The van der Waals surface area contributed by atoms with Crippen LogP contribution in [0.3, 0.4) is 0 Å². The van der Waals surface area contributed by atoms with Gasteiger partial charge in [0.15, 0.2) is 0 Å². The molecule has 1 aliphatic heterocycles. The third-order valence-electron chi connectivity index (χ3n) is 5.62. The Balaban J connectivity index is 1.45.